The molecule has 0 unspecified atom stereocenters. The third-order valence-electron chi connectivity index (χ3n) is 5.38. The van der Waals surface area contributed by atoms with Crippen LogP contribution in [0.2, 0.25) is 0 Å². The van der Waals surface area contributed by atoms with Gasteiger partial charge in [0.25, 0.3) is 5.91 Å². The van der Waals surface area contributed by atoms with Crippen molar-refractivity contribution >= 4 is 50.5 Å². The summed E-state index contributed by atoms with van der Waals surface area (Å²) >= 11 is 4.90. The van der Waals surface area contributed by atoms with Gasteiger partial charge in [-0.25, -0.2) is 4.99 Å². The first-order chi connectivity index (χ1) is 16.8. The van der Waals surface area contributed by atoms with Gasteiger partial charge in [-0.05, 0) is 92.1 Å². The molecule has 1 amide bonds. The quantitative estimate of drug-likeness (QED) is 0.315. The number of amidine groups is 1. The van der Waals surface area contributed by atoms with E-state index in [1.165, 1.54) is 17.3 Å². The van der Waals surface area contributed by atoms with Gasteiger partial charge in [-0.2, -0.15) is 0 Å². The molecule has 180 valence electrons. The van der Waals surface area contributed by atoms with E-state index in [4.69, 9.17) is 9.47 Å². The second-order valence-corrected chi connectivity index (χ2v) is 10.1. The zero-order valence-electron chi connectivity index (χ0n) is 20.1. The molecule has 4 rings (SSSR count). The van der Waals surface area contributed by atoms with Crippen molar-refractivity contribution in [3.63, 3.8) is 0 Å². The summed E-state index contributed by atoms with van der Waals surface area (Å²) in [5, 5.41) is 3.42. The summed E-state index contributed by atoms with van der Waals surface area (Å²) in [4.78, 5) is 17.8. The highest BCUT2D eigenvalue weighted by Gasteiger charge is 2.24. The number of thioether (sulfide) groups is 1. The number of aliphatic imine (C=N–C) groups is 1. The Bertz CT molecular complexity index is 1290. The minimum atomic E-state index is -0.169. The van der Waals surface area contributed by atoms with Gasteiger partial charge in [0.15, 0.2) is 16.7 Å². The van der Waals surface area contributed by atoms with Crippen molar-refractivity contribution in [1.82, 2.24) is 5.32 Å². The van der Waals surface area contributed by atoms with E-state index in [-0.39, 0.29) is 5.91 Å². The third kappa shape index (κ3) is 6.35. The number of hydrogen-bond acceptors (Lipinski definition) is 5. The molecule has 1 aliphatic rings. The molecule has 1 heterocycles. The molecule has 1 saturated heterocycles. The molecule has 0 radical (unpaired) electrons. The predicted octanol–water partition coefficient (Wildman–Crippen LogP) is 7.24. The summed E-state index contributed by atoms with van der Waals surface area (Å²) < 4.78 is 12.9. The molecule has 5 nitrogen and oxygen atoms in total. The van der Waals surface area contributed by atoms with Crippen LogP contribution < -0.4 is 14.8 Å². The van der Waals surface area contributed by atoms with Crippen LogP contribution >= 0.6 is 27.7 Å². The van der Waals surface area contributed by atoms with Gasteiger partial charge >= 0.3 is 0 Å². The van der Waals surface area contributed by atoms with Gasteiger partial charge in [0.2, 0.25) is 0 Å². The maximum Gasteiger partial charge on any atom is 0.264 e. The molecule has 0 aliphatic carbocycles. The van der Waals surface area contributed by atoms with Gasteiger partial charge in [0, 0.05) is 4.47 Å². The fraction of sp³-hybridized carbons (Fsp3) is 0.214. The molecular formula is C28H27BrN2O3S. The monoisotopic (exact) mass is 550 g/mol. The number of carbonyl (C=O) groups excluding carboxylic acids is 1. The summed E-state index contributed by atoms with van der Waals surface area (Å²) in [6, 6.07) is 17.9. The lowest BCUT2D eigenvalue weighted by molar-refractivity contribution is -0.115. The van der Waals surface area contributed by atoms with Crippen molar-refractivity contribution < 1.29 is 14.3 Å². The smallest absolute Gasteiger partial charge is 0.264 e. The number of hydrogen-bond donors (Lipinski definition) is 1. The Kier molecular flexibility index (Phi) is 7.98. The first-order valence-corrected chi connectivity index (χ1v) is 12.9. The second kappa shape index (κ2) is 11.1. The molecule has 3 aromatic carbocycles. The molecule has 0 bridgehead atoms. The van der Waals surface area contributed by atoms with E-state index < -0.39 is 0 Å². The van der Waals surface area contributed by atoms with Crippen molar-refractivity contribution in [3.05, 3.63) is 91.8 Å². The van der Waals surface area contributed by atoms with Gasteiger partial charge in [-0.3, -0.25) is 4.79 Å². The normalized spacial score (nSPS) is 15.5. The topological polar surface area (TPSA) is 59.9 Å². The first kappa shape index (κ1) is 25.1. The average Bonchev–Trinajstić information content (AvgIpc) is 3.16. The number of ether oxygens (including phenoxy) is 2. The van der Waals surface area contributed by atoms with E-state index in [0.717, 1.165) is 32.4 Å². The van der Waals surface area contributed by atoms with Crippen LogP contribution in [-0.2, 0) is 11.4 Å². The van der Waals surface area contributed by atoms with E-state index >= 15 is 0 Å². The molecule has 1 fully saturated rings. The molecule has 0 atom stereocenters. The van der Waals surface area contributed by atoms with Crippen LogP contribution in [0.15, 0.2) is 69.0 Å². The lowest BCUT2D eigenvalue weighted by Gasteiger charge is -2.13. The Labute approximate surface area is 218 Å². The lowest BCUT2D eigenvalue weighted by atomic mass is 10.1. The number of rotatable bonds is 7. The van der Waals surface area contributed by atoms with E-state index in [1.54, 1.807) is 0 Å². The Hall–Kier alpha value is -3.03. The van der Waals surface area contributed by atoms with Gasteiger partial charge in [0.05, 0.1) is 17.2 Å². The molecule has 1 N–H and O–H groups in total. The maximum absolute atomic E-state index is 12.6. The number of benzene rings is 3. The van der Waals surface area contributed by atoms with Crippen molar-refractivity contribution in [1.29, 1.82) is 0 Å². The predicted molar refractivity (Wildman–Crippen MR) is 148 cm³/mol. The molecule has 1 aliphatic heterocycles. The highest BCUT2D eigenvalue weighted by molar-refractivity contribution is 9.10. The number of halogens is 1. The number of aryl methyl sites for hydroxylation is 3. The van der Waals surface area contributed by atoms with Crippen LogP contribution in [0.4, 0.5) is 5.69 Å². The fourth-order valence-electron chi connectivity index (χ4n) is 3.58. The Morgan fingerprint density at radius 1 is 0.971 bits per heavy atom. The fourth-order valence-corrected chi connectivity index (χ4v) is 4.65. The van der Waals surface area contributed by atoms with Crippen LogP contribution in [0.1, 0.15) is 34.7 Å². The molecule has 0 aromatic heterocycles. The van der Waals surface area contributed by atoms with E-state index in [2.05, 4.69) is 57.4 Å². The Morgan fingerprint density at radius 2 is 1.69 bits per heavy atom. The standard InChI is InChI=1S/C28H27BrN2O3S/c1-5-33-24-14-21(10-11-23(24)34-16-20-8-6-17(2)7-9-20)15-25-27(32)31-28(35-25)30-22-12-18(3)26(29)19(4)13-22/h6-15H,5,16H2,1-4H3,(H,30,31,32)/b25-15-. The van der Waals surface area contributed by atoms with E-state index in [1.807, 2.05) is 57.2 Å². The summed E-state index contributed by atoms with van der Waals surface area (Å²) in [5.41, 5.74) is 6.16. The molecule has 3 aromatic rings. The van der Waals surface area contributed by atoms with E-state index in [9.17, 15) is 4.79 Å². The van der Waals surface area contributed by atoms with Crippen LogP contribution in [0.25, 0.3) is 6.08 Å². The Morgan fingerprint density at radius 3 is 2.37 bits per heavy atom. The summed E-state index contributed by atoms with van der Waals surface area (Å²) in [6.45, 7) is 9.01. The number of nitrogens with one attached hydrogen (secondary N) is 1. The Balaban J connectivity index is 1.51. The zero-order valence-corrected chi connectivity index (χ0v) is 22.5. The van der Waals surface area contributed by atoms with Crippen molar-refractivity contribution in [2.75, 3.05) is 6.61 Å². The number of carbonyl (C=O) groups is 1. The van der Waals surface area contributed by atoms with Gasteiger partial charge < -0.3 is 14.8 Å². The van der Waals surface area contributed by atoms with Gasteiger partial charge in [-0.15, -0.1) is 0 Å². The summed E-state index contributed by atoms with van der Waals surface area (Å²) in [5.74, 6) is 1.14. The summed E-state index contributed by atoms with van der Waals surface area (Å²) in [6.07, 6.45) is 1.84. The zero-order chi connectivity index (χ0) is 24.9. The highest BCUT2D eigenvalue weighted by atomic mass is 79.9. The van der Waals surface area contributed by atoms with Crippen LogP contribution in [0.5, 0.6) is 11.5 Å². The second-order valence-electron chi connectivity index (χ2n) is 8.29. The molecule has 7 heteroatoms. The average molecular weight is 552 g/mol. The van der Waals surface area contributed by atoms with Crippen LogP contribution in [0.3, 0.4) is 0 Å². The van der Waals surface area contributed by atoms with Crippen LogP contribution in [-0.4, -0.2) is 17.7 Å². The molecule has 0 spiro atoms. The van der Waals surface area contributed by atoms with E-state index in [0.29, 0.717) is 34.8 Å². The largest absolute Gasteiger partial charge is 0.490 e. The summed E-state index contributed by atoms with van der Waals surface area (Å²) in [7, 11) is 0. The first-order valence-electron chi connectivity index (χ1n) is 11.3. The van der Waals surface area contributed by atoms with Crippen LogP contribution in [0, 0.1) is 20.8 Å². The van der Waals surface area contributed by atoms with Gasteiger partial charge in [-0.1, -0.05) is 51.8 Å². The molecule has 35 heavy (non-hydrogen) atoms. The van der Waals surface area contributed by atoms with Gasteiger partial charge in [0.1, 0.15) is 6.61 Å². The SMILES string of the molecule is CCOc1cc(/C=C2\SC(=Nc3cc(C)c(Br)c(C)c3)NC2=O)ccc1OCc1ccc(C)cc1. The minimum absolute atomic E-state index is 0.169. The van der Waals surface area contributed by atoms with Crippen molar-refractivity contribution in [2.45, 2.75) is 34.3 Å². The van der Waals surface area contributed by atoms with Crippen molar-refractivity contribution in [2.24, 2.45) is 4.99 Å². The number of amides is 1. The number of nitrogens with zero attached hydrogens (tertiary/aromatic N) is 1. The minimum Gasteiger partial charge on any atom is -0.490 e. The van der Waals surface area contributed by atoms with Crippen molar-refractivity contribution in [3.8, 4) is 11.5 Å². The lowest BCUT2D eigenvalue weighted by Crippen LogP contribution is -2.19. The maximum atomic E-state index is 12.6. The third-order valence-corrected chi connectivity index (χ3v) is 7.54. The molecule has 0 saturated carbocycles. The highest BCUT2D eigenvalue weighted by Crippen LogP contribution is 2.34. The molecular weight excluding hydrogens is 524 g/mol.